The highest BCUT2D eigenvalue weighted by Gasteiger charge is 2.29. The Morgan fingerprint density at radius 1 is 1.09 bits per heavy atom. The van der Waals surface area contributed by atoms with Crippen molar-refractivity contribution < 1.29 is 28.2 Å². The van der Waals surface area contributed by atoms with Crippen LogP contribution in [0.5, 0.6) is 0 Å². The van der Waals surface area contributed by atoms with Gasteiger partial charge in [0.05, 0.1) is 11.7 Å². The number of hydrogen-bond acceptors (Lipinski definition) is 5. The van der Waals surface area contributed by atoms with E-state index in [1.165, 1.54) is 12.1 Å². The first kappa shape index (κ1) is 26.2. The monoisotopic (exact) mass is 484 g/mol. The maximum Gasteiger partial charge on any atom is 0.340 e. The number of carbonyl (C=O) groups is 2. The lowest BCUT2D eigenvalue weighted by Gasteiger charge is -2.26. The number of fused-ring (bicyclic) bond motifs is 1. The topological polar surface area (TPSA) is 103 Å². The summed E-state index contributed by atoms with van der Waals surface area (Å²) >= 11 is 0. The van der Waals surface area contributed by atoms with Crippen molar-refractivity contribution in [2.24, 2.45) is 17.6 Å². The molecule has 0 bridgehead atoms. The summed E-state index contributed by atoms with van der Waals surface area (Å²) in [6.45, 7) is 4.07. The van der Waals surface area contributed by atoms with Gasteiger partial charge >= 0.3 is 5.97 Å². The molecule has 3 aromatic rings. The number of pyridine rings is 1. The van der Waals surface area contributed by atoms with E-state index in [9.17, 15) is 23.5 Å². The number of hydrogen-bond donors (Lipinski definition) is 2. The zero-order valence-corrected chi connectivity index (χ0v) is 19.8. The fraction of sp³-hybridized carbons (Fsp3) is 0.370. The predicted octanol–water partition coefficient (Wildman–Crippen LogP) is 4.57. The Morgan fingerprint density at radius 2 is 1.80 bits per heavy atom. The zero-order chi connectivity index (χ0) is 25.5. The number of aliphatic hydroxyl groups excluding tert-OH is 1. The van der Waals surface area contributed by atoms with Crippen LogP contribution in [0.3, 0.4) is 0 Å². The van der Waals surface area contributed by atoms with E-state index < -0.39 is 41.6 Å². The predicted molar refractivity (Wildman–Crippen MR) is 128 cm³/mol. The molecule has 6 nitrogen and oxygen atoms in total. The van der Waals surface area contributed by atoms with Crippen molar-refractivity contribution in [3.8, 4) is 0 Å². The summed E-state index contributed by atoms with van der Waals surface area (Å²) in [6, 6.07) is 12.8. The van der Waals surface area contributed by atoms with E-state index in [1.54, 1.807) is 0 Å². The number of benzene rings is 2. The molecule has 2 aromatic carbocycles. The van der Waals surface area contributed by atoms with Gasteiger partial charge in [0.2, 0.25) is 5.91 Å². The van der Waals surface area contributed by atoms with Crippen molar-refractivity contribution in [3.05, 3.63) is 77.5 Å². The van der Waals surface area contributed by atoms with Crippen LogP contribution in [0.4, 0.5) is 8.78 Å². The second-order valence-electron chi connectivity index (χ2n) is 9.16. The minimum atomic E-state index is -1.15. The van der Waals surface area contributed by atoms with Gasteiger partial charge in [-0.2, -0.15) is 0 Å². The highest BCUT2D eigenvalue weighted by atomic mass is 19.2. The van der Waals surface area contributed by atoms with Gasteiger partial charge in [0.15, 0.2) is 11.6 Å². The number of aliphatic hydroxyl groups is 1. The highest BCUT2D eigenvalue weighted by molar-refractivity contribution is 5.93. The maximum atomic E-state index is 14.0. The smallest absolute Gasteiger partial charge is 0.340 e. The number of carbonyl (C=O) groups excluding carboxylic acids is 2. The molecular formula is C27H30F2N2O4. The van der Waals surface area contributed by atoms with Gasteiger partial charge in [-0.25, -0.2) is 13.6 Å². The molecule has 3 atom stereocenters. The Labute approximate surface area is 203 Å². The Hall–Kier alpha value is -3.39. The molecule has 3 rings (SSSR count). The van der Waals surface area contributed by atoms with Crippen LogP contribution in [0.15, 0.2) is 54.7 Å². The standard InChI is InChI=1S/C27H30F2N2O4/c1-16(2)8-9-19(26(30)33)14-22(32)23(12-17-6-4-3-5-7-17)35-27(34)20-13-18-10-11-21(28)24(29)25(18)31-15-20/h3-7,10-11,13,15-16,19,22-23,32H,8-9,12,14H2,1-2H3,(H2,30,33)/t19-,22+,23+/m1/s1. The molecule has 0 aliphatic carbocycles. The summed E-state index contributed by atoms with van der Waals surface area (Å²) in [4.78, 5) is 28.8. The molecule has 186 valence electrons. The third kappa shape index (κ3) is 7.05. The molecule has 1 aromatic heterocycles. The molecule has 0 spiro atoms. The first-order valence-electron chi connectivity index (χ1n) is 11.6. The number of nitrogens with zero attached hydrogens (tertiary/aromatic N) is 1. The number of rotatable bonds is 11. The van der Waals surface area contributed by atoms with E-state index in [2.05, 4.69) is 4.98 Å². The molecule has 0 aliphatic heterocycles. The van der Waals surface area contributed by atoms with Crippen molar-refractivity contribution in [2.45, 2.75) is 51.7 Å². The van der Waals surface area contributed by atoms with Gasteiger partial charge in [-0.15, -0.1) is 0 Å². The lowest BCUT2D eigenvalue weighted by Crippen LogP contribution is -2.37. The average Bonchev–Trinajstić information content (AvgIpc) is 2.83. The molecule has 1 amide bonds. The molecule has 3 N–H and O–H groups in total. The molecule has 1 heterocycles. The van der Waals surface area contributed by atoms with Crippen LogP contribution in [-0.2, 0) is 16.0 Å². The second kappa shape index (κ2) is 11.8. The van der Waals surface area contributed by atoms with Gasteiger partial charge in [-0.05, 0) is 42.5 Å². The van der Waals surface area contributed by atoms with Crippen molar-refractivity contribution in [2.75, 3.05) is 0 Å². The van der Waals surface area contributed by atoms with Crippen LogP contribution < -0.4 is 5.73 Å². The molecule has 8 heteroatoms. The largest absolute Gasteiger partial charge is 0.456 e. The average molecular weight is 485 g/mol. The van der Waals surface area contributed by atoms with Crippen LogP contribution in [0.1, 0.15) is 49.0 Å². The van der Waals surface area contributed by atoms with Gasteiger partial charge in [-0.3, -0.25) is 9.78 Å². The number of ether oxygens (including phenoxy) is 1. The van der Waals surface area contributed by atoms with Crippen molar-refractivity contribution in [1.82, 2.24) is 4.98 Å². The maximum absolute atomic E-state index is 14.0. The SMILES string of the molecule is CC(C)CC[C@H](C[C@H](O)[C@H](Cc1ccccc1)OC(=O)c1cnc2c(F)c(F)ccc2c1)C(N)=O. The molecule has 0 unspecified atom stereocenters. The van der Waals surface area contributed by atoms with Gasteiger partial charge < -0.3 is 15.6 Å². The fourth-order valence-corrected chi connectivity index (χ4v) is 3.92. The summed E-state index contributed by atoms with van der Waals surface area (Å²) in [6.07, 6.45) is 0.539. The number of esters is 1. The highest BCUT2D eigenvalue weighted by Crippen LogP contribution is 2.23. The lowest BCUT2D eigenvalue weighted by molar-refractivity contribution is -0.123. The van der Waals surface area contributed by atoms with Crippen LogP contribution in [-0.4, -0.2) is 34.2 Å². The Kier molecular flexibility index (Phi) is 8.87. The Balaban J connectivity index is 1.82. The lowest BCUT2D eigenvalue weighted by atomic mass is 9.89. The fourth-order valence-electron chi connectivity index (χ4n) is 3.92. The summed E-state index contributed by atoms with van der Waals surface area (Å²) < 4.78 is 33.1. The third-order valence-electron chi connectivity index (χ3n) is 5.97. The van der Waals surface area contributed by atoms with E-state index >= 15 is 0 Å². The first-order valence-corrected chi connectivity index (χ1v) is 11.6. The second-order valence-corrected chi connectivity index (χ2v) is 9.16. The normalized spacial score (nSPS) is 14.0. The number of nitrogens with two attached hydrogens (primary N) is 1. The molecule has 0 saturated carbocycles. The third-order valence-corrected chi connectivity index (χ3v) is 5.97. The Morgan fingerprint density at radius 3 is 2.46 bits per heavy atom. The van der Waals surface area contributed by atoms with Crippen molar-refractivity contribution in [1.29, 1.82) is 0 Å². The van der Waals surface area contributed by atoms with E-state index in [-0.39, 0.29) is 29.3 Å². The molecule has 35 heavy (non-hydrogen) atoms. The molecule has 0 radical (unpaired) electrons. The number of amides is 1. The van der Waals surface area contributed by atoms with Crippen molar-refractivity contribution >= 4 is 22.8 Å². The minimum absolute atomic E-state index is 0.0278. The number of primary amides is 1. The van der Waals surface area contributed by atoms with E-state index in [1.807, 2.05) is 44.2 Å². The van der Waals surface area contributed by atoms with Gasteiger partial charge in [-0.1, -0.05) is 50.6 Å². The van der Waals surface area contributed by atoms with Gasteiger partial charge in [0, 0.05) is 23.9 Å². The van der Waals surface area contributed by atoms with Crippen LogP contribution >= 0.6 is 0 Å². The molecule has 0 aliphatic rings. The molecule has 0 fully saturated rings. The van der Waals surface area contributed by atoms with Gasteiger partial charge in [0.25, 0.3) is 0 Å². The summed E-state index contributed by atoms with van der Waals surface area (Å²) in [5, 5.41) is 11.2. The summed E-state index contributed by atoms with van der Waals surface area (Å²) in [7, 11) is 0. The molecular weight excluding hydrogens is 454 g/mol. The quantitative estimate of drug-likeness (QED) is 0.388. The van der Waals surface area contributed by atoms with E-state index in [0.29, 0.717) is 12.3 Å². The Bertz CT molecular complexity index is 1170. The van der Waals surface area contributed by atoms with Crippen LogP contribution in [0.25, 0.3) is 10.9 Å². The minimum Gasteiger partial charge on any atom is -0.456 e. The van der Waals surface area contributed by atoms with E-state index in [0.717, 1.165) is 24.2 Å². The van der Waals surface area contributed by atoms with Crippen molar-refractivity contribution in [3.63, 3.8) is 0 Å². The van der Waals surface area contributed by atoms with Gasteiger partial charge in [0.1, 0.15) is 11.6 Å². The molecule has 0 saturated heterocycles. The van der Waals surface area contributed by atoms with E-state index in [4.69, 9.17) is 10.5 Å². The zero-order valence-electron chi connectivity index (χ0n) is 19.8. The van der Waals surface area contributed by atoms with Crippen LogP contribution in [0, 0.1) is 23.5 Å². The van der Waals surface area contributed by atoms with Crippen LogP contribution in [0.2, 0.25) is 0 Å². The summed E-state index contributed by atoms with van der Waals surface area (Å²) in [5.74, 6) is -3.62. The number of halogens is 2. The first-order chi connectivity index (χ1) is 16.7. The number of aromatic nitrogens is 1. The summed E-state index contributed by atoms with van der Waals surface area (Å²) in [5.41, 5.74) is 6.23.